The van der Waals surface area contributed by atoms with E-state index in [0.717, 1.165) is 0 Å². The Morgan fingerprint density at radius 1 is 1.00 bits per heavy atom. The number of sulfonamides is 1. The van der Waals surface area contributed by atoms with Crippen LogP contribution in [0.1, 0.15) is 22.8 Å². The number of anilines is 1. The van der Waals surface area contributed by atoms with Gasteiger partial charge in [0.2, 0.25) is 10.0 Å². The van der Waals surface area contributed by atoms with Gasteiger partial charge in [-0.3, -0.25) is 4.79 Å². The zero-order chi connectivity index (χ0) is 23.1. The number of ether oxygens (including phenoxy) is 1. The van der Waals surface area contributed by atoms with Crippen molar-refractivity contribution in [3.8, 4) is 17.2 Å². The third-order valence-corrected chi connectivity index (χ3v) is 6.31. The van der Waals surface area contributed by atoms with Crippen LogP contribution in [0.4, 0.5) is 5.69 Å². The summed E-state index contributed by atoms with van der Waals surface area (Å²) in [6.45, 7) is 1.96. The average Bonchev–Trinajstić information content (AvgIpc) is 2.79. The molecule has 0 fully saturated rings. The first-order chi connectivity index (χ1) is 15.4. The first kappa shape index (κ1) is 23.2. The Hall–Kier alpha value is -3.51. The molecule has 2 N–H and O–H groups in total. The molecule has 0 bridgehead atoms. The molecule has 0 aliphatic carbocycles. The molecule has 0 aliphatic heterocycles. The minimum Gasteiger partial charge on any atom is -0.383 e. The van der Waals surface area contributed by atoms with E-state index < -0.39 is 10.0 Å². The third kappa shape index (κ3) is 5.39. The van der Waals surface area contributed by atoms with E-state index in [4.69, 9.17) is 4.74 Å². The summed E-state index contributed by atoms with van der Waals surface area (Å²) in [7, 11) is -2.20. The first-order valence-electron chi connectivity index (χ1n) is 9.87. The number of amides is 1. The van der Waals surface area contributed by atoms with E-state index in [1.807, 2.05) is 6.07 Å². The molecule has 1 amide bonds. The van der Waals surface area contributed by atoms with Gasteiger partial charge in [0, 0.05) is 30.0 Å². The highest BCUT2D eigenvalue weighted by molar-refractivity contribution is 7.89. The minimum atomic E-state index is -3.70. The zero-order valence-corrected chi connectivity index (χ0v) is 18.5. The highest BCUT2D eigenvalue weighted by Gasteiger charge is 2.18. The van der Waals surface area contributed by atoms with Gasteiger partial charge >= 0.3 is 0 Å². The number of carbonyl (C=O) groups excluding carboxylic acids is 1. The fourth-order valence-corrected chi connectivity index (χ4v) is 4.49. The van der Waals surface area contributed by atoms with E-state index in [-0.39, 0.29) is 23.5 Å². The van der Waals surface area contributed by atoms with Crippen LogP contribution in [0.5, 0.6) is 0 Å². The van der Waals surface area contributed by atoms with Crippen molar-refractivity contribution in [2.45, 2.75) is 17.9 Å². The second-order valence-electron chi connectivity index (χ2n) is 7.16. The fourth-order valence-electron chi connectivity index (χ4n) is 3.26. The van der Waals surface area contributed by atoms with E-state index >= 15 is 0 Å². The molecule has 0 saturated heterocycles. The van der Waals surface area contributed by atoms with Gasteiger partial charge in [-0.2, -0.15) is 5.26 Å². The second-order valence-corrected chi connectivity index (χ2v) is 8.87. The Morgan fingerprint density at radius 3 is 2.28 bits per heavy atom. The average molecular weight is 450 g/mol. The fraction of sp³-hybridized carbons (Fsp3) is 0.167. The number of benzene rings is 3. The van der Waals surface area contributed by atoms with Crippen molar-refractivity contribution in [3.05, 3.63) is 83.9 Å². The summed E-state index contributed by atoms with van der Waals surface area (Å²) in [5, 5.41) is 12.2. The van der Waals surface area contributed by atoms with Crippen molar-refractivity contribution in [2.75, 3.05) is 19.0 Å². The number of hydrogen-bond acceptors (Lipinski definition) is 5. The quantitative estimate of drug-likeness (QED) is 0.544. The van der Waals surface area contributed by atoms with Gasteiger partial charge in [-0.15, -0.1) is 0 Å². The molecule has 8 heteroatoms. The molecular weight excluding hydrogens is 426 g/mol. The predicted molar refractivity (Wildman–Crippen MR) is 123 cm³/mol. The maximum Gasteiger partial charge on any atom is 0.256 e. The molecule has 32 heavy (non-hydrogen) atoms. The summed E-state index contributed by atoms with van der Waals surface area (Å²) in [6.07, 6.45) is 0. The van der Waals surface area contributed by atoms with Crippen LogP contribution in [0, 0.1) is 11.3 Å². The molecule has 1 atom stereocenters. The SMILES string of the molecule is COCC(C)NS(=O)(=O)c1ccc(NC(=O)c2ccccc2-c2ccccc2C#N)cc1. The van der Waals surface area contributed by atoms with Crippen LogP contribution in [0.15, 0.2) is 77.7 Å². The van der Waals surface area contributed by atoms with Crippen LogP contribution in [0.25, 0.3) is 11.1 Å². The van der Waals surface area contributed by atoms with Crippen LogP contribution < -0.4 is 10.0 Å². The van der Waals surface area contributed by atoms with E-state index in [1.165, 1.54) is 31.4 Å². The van der Waals surface area contributed by atoms with Crippen LogP contribution in [-0.2, 0) is 14.8 Å². The van der Waals surface area contributed by atoms with Crippen molar-refractivity contribution in [3.63, 3.8) is 0 Å². The second kappa shape index (κ2) is 10.2. The summed E-state index contributed by atoms with van der Waals surface area (Å²) < 4.78 is 32.4. The third-order valence-electron chi connectivity index (χ3n) is 4.70. The Morgan fingerprint density at radius 2 is 1.62 bits per heavy atom. The van der Waals surface area contributed by atoms with Crippen molar-refractivity contribution >= 4 is 21.6 Å². The van der Waals surface area contributed by atoms with E-state index in [1.54, 1.807) is 49.4 Å². The first-order valence-corrected chi connectivity index (χ1v) is 11.3. The minimum absolute atomic E-state index is 0.0850. The molecule has 7 nitrogen and oxygen atoms in total. The van der Waals surface area contributed by atoms with Gasteiger partial charge in [-0.05, 0) is 48.9 Å². The molecule has 164 valence electrons. The maximum atomic E-state index is 13.0. The van der Waals surface area contributed by atoms with E-state index in [0.29, 0.717) is 27.9 Å². The number of nitrogens with one attached hydrogen (secondary N) is 2. The lowest BCUT2D eigenvalue weighted by Crippen LogP contribution is -2.35. The summed E-state index contributed by atoms with van der Waals surface area (Å²) in [5.41, 5.74) is 2.62. The molecule has 3 aromatic carbocycles. The topological polar surface area (TPSA) is 108 Å². The van der Waals surface area contributed by atoms with Gasteiger partial charge in [0.1, 0.15) is 0 Å². The van der Waals surface area contributed by atoms with Crippen LogP contribution >= 0.6 is 0 Å². The highest BCUT2D eigenvalue weighted by Crippen LogP contribution is 2.27. The van der Waals surface area contributed by atoms with Gasteiger partial charge in [-0.25, -0.2) is 13.1 Å². The molecule has 3 rings (SSSR count). The number of nitrogens with zero attached hydrogens (tertiary/aromatic N) is 1. The van der Waals surface area contributed by atoms with Gasteiger partial charge < -0.3 is 10.1 Å². The zero-order valence-electron chi connectivity index (χ0n) is 17.7. The standard InChI is InChI=1S/C24H23N3O4S/c1-17(16-31-2)27-32(29,30)20-13-11-19(12-14-20)26-24(28)23-10-6-5-9-22(23)21-8-4-3-7-18(21)15-25/h3-14,17,27H,16H2,1-2H3,(H,26,28). The summed E-state index contributed by atoms with van der Waals surface area (Å²) in [5.74, 6) is -0.365. The molecule has 0 aromatic heterocycles. The number of hydrogen-bond donors (Lipinski definition) is 2. The van der Waals surface area contributed by atoms with Crippen molar-refractivity contribution in [2.24, 2.45) is 0 Å². The Kier molecular flexibility index (Phi) is 7.38. The highest BCUT2D eigenvalue weighted by atomic mass is 32.2. The Balaban J connectivity index is 1.81. The lowest BCUT2D eigenvalue weighted by molar-refractivity contribution is 0.102. The van der Waals surface area contributed by atoms with E-state index in [2.05, 4.69) is 16.1 Å². The largest absolute Gasteiger partial charge is 0.383 e. The normalized spacial score (nSPS) is 12.0. The molecule has 1 unspecified atom stereocenters. The lowest BCUT2D eigenvalue weighted by Gasteiger charge is -2.14. The molecule has 0 spiro atoms. The number of rotatable bonds is 8. The molecule has 0 radical (unpaired) electrons. The molecule has 0 aliphatic rings. The summed E-state index contributed by atoms with van der Waals surface area (Å²) in [4.78, 5) is 13.1. The van der Waals surface area contributed by atoms with Crippen molar-refractivity contribution in [1.82, 2.24) is 4.72 Å². The number of nitriles is 1. The van der Waals surface area contributed by atoms with Crippen LogP contribution in [-0.4, -0.2) is 34.1 Å². The van der Waals surface area contributed by atoms with E-state index in [9.17, 15) is 18.5 Å². The number of methoxy groups -OCH3 is 1. The molecule has 3 aromatic rings. The summed E-state index contributed by atoms with van der Waals surface area (Å²) >= 11 is 0. The van der Waals surface area contributed by atoms with Gasteiger partial charge in [0.05, 0.1) is 23.1 Å². The van der Waals surface area contributed by atoms with Gasteiger partial charge in [0.25, 0.3) is 5.91 Å². The summed E-state index contributed by atoms with van der Waals surface area (Å²) in [6, 6.07) is 21.8. The van der Waals surface area contributed by atoms with Crippen LogP contribution in [0.3, 0.4) is 0 Å². The van der Waals surface area contributed by atoms with Crippen LogP contribution in [0.2, 0.25) is 0 Å². The smallest absolute Gasteiger partial charge is 0.256 e. The van der Waals surface area contributed by atoms with Crippen molar-refractivity contribution < 1.29 is 17.9 Å². The maximum absolute atomic E-state index is 13.0. The molecular formula is C24H23N3O4S. The molecule has 0 saturated carbocycles. The predicted octanol–water partition coefficient (Wildman–Crippen LogP) is 3.79. The number of carbonyl (C=O) groups is 1. The lowest BCUT2D eigenvalue weighted by atomic mass is 9.95. The Labute approximate surface area is 187 Å². The Bertz CT molecular complexity index is 1250. The van der Waals surface area contributed by atoms with Gasteiger partial charge in [0.15, 0.2) is 0 Å². The molecule has 0 heterocycles. The van der Waals surface area contributed by atoms with Gasteiger partial charge in [-0.1, -0.05) is 36.4 Å². The monoisotopic (exact) mass is 449 g/mol. The van der Waals surface area contributed by atoms with Crippen molar-refractivity contribution in [1.29, 1.82) is 5.26 Å².